The van der Waals surface area contributed by atoms with Crippen LogP contribution in [-0.4, -0.2) is 32.0 Å². The number of thioether (sulfide) groups is 1. The number of amides is 1. The predicted molar refractivity (Wildman–Crippen MR) is 104 cm³/mol. The minimum atomic E-state index is -0.0896. The third-order valence-electron chi connectivity index (χ3n) is 3.43. The zero-order valence-corrected chi connectivity index (χ0v) is 15.1. The quantitative estimate of drug-likeness (QED) is 0.620. The number of hydrogen-bond acceptors (Lipinski definition) is 4. The lowest BCUT2D eigenvalue weighted by Gasteiger charge is -2.11. The molecule has 0 aliphatic heterocycles. The Hall–Kier alpha value is -2.27. The molecule has 0 heterocycles. The van der Waals surface area contributed by atoms with Gasteiger partial charge in [0.2, 0.25) is 5.91 Å². The van der Waals surface area contributed by atoms with Crippen molar-refractivity contribution in [2.45, 2.75) is 12.7 Å². The van der Waals surface area contributed by atoms with Gasteiger partial charge in [0.05, 0.1) is 12.0 Å². The second-order valence-corrected chi connectivity index (χ2v) is 6.74. The van der Waals surface area contributed by atoms with Gasteiger partial charge in [-0.1, -0.05) is 42.0 Å². The van der Waals surface area contributed by atoms with Gasteiger partial charge in [0, 0.05) is 25.5 Å². The first kappa shape index (κ1) is 18.1. The van der Waals surface area contributed by atoms with Gasteiger partial charge in [0.1, 0.15) is 0 Å². The molecule has 0 aliphatic carbocycles. The zero-order chi connectivity index (χ0) is 17.4. The maximum atomic E-state index is 11.8. The van der Waals surface area contributed by atoms with Crippen LogP contribution in [0.4, 0.5) is 5.69 Å². The van der Waals surface area contributed by atoms with Crippen LogP contribution in [0.5, 0.6) is 0 Å². The molecule has 0 fully saturated rings. The van der Waals surface area contributed by atoms with E-state index in [1.165, 1.54) is 11.1 Å². The number of hydrazone groups is 1. The second-order valence-electron chi connectivity index (χ2n) is 5.76. The topological polar surface area (TPSA) is 44.7 Å². The van der Waals surface area contributed by atoms with E-state index in [1.807, 2.05) is 43.3 Å². The first-order valence-corrected chi connectivity index (χ1v) is 8.92. The number of carbonyl (C=O) groups excluding carboxylic acids is 1. The average molecular weight is 341 g/mol. The van der Waals surface area contributed by atoms with Crippen LogP contribution < -0.4 is 10.3 Å². The normalized spacial score (nSPS) is 10.8. The van der Waals surface area contributed by atoms with E-state index in [2.05, 4.69) is 41.7 Å². The van der Waals surface area contributed by atoms with E-state index in [-0.39, 0.29) is 5.91 Å². The molecule has 0 radical (unpaired) electrons. The first-order valence-electron chi connectivity index (χ1n) is 7.77. The number of rotatable bonds is 7. The van der Waals surface area contributed by atoms with Gasteiger partial charge in [-0.2, -0.15) is 5.10 Å². The summed E-state index contributed by atoms with van der Waals surface area (Å²) in [7, 11) is 4.00. The lowest BCUT2D eigenvalue weighted by molar-refractivity contribution is -0.118. The molecule has 0 atom stereocenters. The standard InChI is InChI=1S/C19H23N3OS/c1-15-4-6-17(7-5-15)13-24-14-19(23)21-20-12-16-8-10-18(11-9-16)22(2)3/h4-12H,13-14H2,1-3H3,(H,21,23)/b20-12-. The van der Waals surface area contributed by atoms with Crippen molar-refractivity contribution in [3.05, 3.63) is 65.2 Å². The Morgan fingerprint density at radius 2 is 1.79 bits per heavy atom. The fraction of sp³-hybridized carbons (Fsp3) is 0.263. The number of anilines is 1. The number of carbonyl (C=O) groups is 1. The van der Waals surface area contributed by atoms with E-state index in [0.717, 1.165) is 17.0 Å². The number of aryl methyl sites for hydroxylation is 1. The molecule has 0 aromatic heterocycles. The Labute approximate surface area is 148 Å². The summed E-state index contributed by atoms with van der Waals surface area (Å²) in [5.74, 6) is 1.13. The Bertz CT molecular complexity index is 679. The van der Waals surface area contributed by atoms with E-state index in [0.29, 0.717) is 5.75 Å². The van der Waals surface area contributed by atoms with Crippen LogP contribution in [0.2, 0.25) is 0 Å². The summed E-state index contributed by atoms with van der Waals surface area (Å²) in [6, 6.07) is 16.3. The minimum Gasteiger partial charge on any atom is -0.378 e. The molecule has 0 saturated heterocycles. The summed E-state index contributed by atoms with van der Waals surface area (Å²) in [4.78, 5) is 13.8. The predicted octanol–water partition coefficient (Wildman–Crippen LogP) is 3.44. The average Bonchev–Trinajstić information content (AvgIpc) is 2.57. The molecule has 0 aliphatic rings. The largest absolute Gasteiger partial charge is 0.378 e. The van der Waals surface area contributed by atoms with Crippen molar-refractivity contribution in [3.8, 4) is 0 Å². The van der Waals surface area contributed by atoms with Gasteiger partial charge in [-0.3, -0.25) is 4.79 Å². The van der Waals surface area contributed by atoms with Crippen LogP contribution >= 0.6 is 11.8 Å². The van der Waals surface area contributed by atoms with Gasteiger partial charge in [0.15, 0.2) is 0 Å². The molecule has 0 spiro atoms. The summed E-state index contributed by atoms with van der Waals surface area (Å²) >= 11 is 1.58. The Kier molecular flexibility index (Phi) is 6.88. The molecule has 126 valence electrons. The van der Waals surface area contributed by atoms with Crippen LogP contribution in [0.3, 0.4) is 0 Å². The van der Waals surface area contributed by atoms with Crippen molar-refractivity contribution in [1.29, 1.82) is 0 Å². The molecule has 5 heteroatoms. The second kappa shape index (κ2) is 9.13. The van der Waals surface area contributed by atoms with E-state index in [1.54, 1.807) is 18.0 Å². The Morgan fingerprint density at radius 1 is 1.12 bits per heavy atom. The van der Waals surface area contributed by atoms with Crippen LogP contribution in [0.25, 0.3) is 0 Å². The van der Waals surface area contributed by atoms with Gasteiger partial charge in [0.25, 0.3) is 0 Å². The summed E-state index contributed by atoms with van der Waals surface area (Å²) in [5, 5.41) is 4.00. The van der Waals surface area contributed by atoms with Crippen LogP contribution in [-0.2, 0) is 10.5 Å². The number of hydrogen-bond donors (Lipinski definition) is 1. The van der Waals surface area contributed by atoms with Crippen molar-refractivity contribution in [1.82, 2.24) is 5.43 Å². The summed E-state index contributed by atoms with van der Waals surface area (Å²) in [6.07, 6.45) is 1.65. The van der Waals surface area contributed by atoms with E-state index in [9.17, 15) is 4.79 Å². The molecule has 1 amide bonds. The van der Waals surface area contributed by atoms with E-state index >= 15 is 0 Å². The lowest BCUT2D eigenvalue weighted by Crippen LogP contribution is -2.19. The number of nitrogens with one attached hydrogen (secondary N) is 1. The minimum absolute atomic E-state index is 0.0896. The molecule has 2 aromatic rings. The van der Waals surface area contributed by atoms with Crippen LogP contribution in [0.15, 0.2) is 53.6 Å². The summed E-state index contributed by atoms with van der Waals surface area (Å²) in [6.45, 7) is 2.07. The van der Waals surface area contributed by atoms with Crippen molar-refractivity contribution in [2.75, 3.05) is 24.7 Å². The molecule has 0 bridgehead atoms. The summed E-state index contributed by atoms with van der Waals surface area (Å²) < 4.78 is 0. The fourth-order valence-electron chi connectivity index (χ4n) is 2.02. The Balaban J connectivity index is 1.71. The molecule has 4 nitrogen and oxygen atoms in total. The third-order valence-corrected chi connectivity index (χ3v) is 4.44. The van der Waals surface area contributed by atoms with Gasteiger partial charge in [-0.25, -0.2) is 5.43 Å². The monoisotopic (exact) mass is 341 g/mol. The fourth-order valence-corrected chi connectivity index (χ4v) is 2.80. The summed E-state index contributed by atoms with van der Waals surface area (Å²) in [5.41, 5.74) is 7.11. The van der Waals surface area contributed by atoms with Crippen LogP contribution in [0, 0.1) is 6.92 Å². The molecule has 0 unspecified atom stereocenters. The maximum Gasteiger partial charge on any atom is 0.250 e. The van der Waals surface area contributed by atoms with E-state index in [4.69, 9.17) is 0 Å². The number of benzene rings is 2. The molecular formula is C19H23N3OS. The Morgan fingerprint density at radius 3 is 2.42 bits per heavy atom. The van der Waals surface area contributed by atoms with Gasteiger partial charge >= 0.3 is 0 Å². The highest BCUT2D eigenvalue weighted by Crippen LogP contribution is 2.13. The molecule has 24 heavy (non-hydrogen) atoms. The molecule has 2 aromatic carbocycles. The van der Waals surface area contributed by atoms with Crippen LogP contribution in [0.1, 0.15) is 16.7 Å². The maximum absolute atomic E-state index is 11.8. The zero-order valence-electron chi connectivity index (χ0n) is 14.3. The van der Waals surface area contributed by atoms with Gasteiger partial charge in [-0.15, -0.1) is 11.8 Å². The lowest BCUT2D eigenvalue weighted by atomic mass is 10.2. The molecule has 2 rings (SSSR count). The smallest absolute Gasteiger partial charge is 0.250 e. The van der Waals surface area contributed by atoms with Crippen molar-refractivity contribution >= 4 is 29.6 Å². The van der Waals surface area contributed by atoms with Crippen molar-refractivity contribution < 1.29 is 4.79 Å². The van der Waals surface area contributed by atoms with Gasteiger partial charge in [-0.05, 0) is 30.2 Å². The first-order chi connectivity index (χ1) is 11.5. The highest BCUT2D eigenvalue weighted by atomic mass is 32.2. The molecule has 1 N–H and O–H groups in total. The van der Waals surface area contributed by atoms with Gasteiger partial charge < -0.3 is 4.90 Å². The third kappa shape index (κ3) is 6.08. The SMILES string of the molecule is Cc1ccc(CSCC(=O)N/N=C\c2ccc(N(C)C)cc2)cc1. The number of nitrogens with zero attached hydrogens (tertiary/aromatic N) is 2. The highest BCUT2D eigenvalue weighted by Gasteiger charge is 2.01. The highest BCUT2D eigenvalue weighted by molar-refractivity contribution is 7.99. The van der Waals surface area contributed by atoms with E-state index < -0.39 is 0 Å². The van der Waals surface area contributed by atoms with Crippen molar-refractivity contribution in [3.63, 3.8) is 0 Å². The molecular weight excluding hydrogens is 318 g/mol. The van der Waals surface area contributed by atoms with Crippen molar-refractivity contribution in [2.24, 2.45) is 5.10 Å². The molecule has 0 saturated carbocycles.